The van der Waals surface area contributed by atoms with E-state index in [2.05, 4.69) is 5.32 Å². The molecular formula is C10H11Cl2N. The molecule has 0 unspecified atom stereocenters. The highest BCUT2D eigenvalue weighted by atomic mass is 35.5. The maximum Gasteiger partial charge on any atom is 0.0465 e. The van der Waals surface area contributed by atoms with Gasteiger partial charge in [-0.3, -0.25) is 0 Å². The van der Waals surface area contributed by atoms with Crippen LogP contribution < -0.4 is 5.32 Å². The lowest BCUT2D eigenvalue weighted by Crippen LogP contribution is -2.15. The molecule has 0 atom stereocenters. The molecule has 1 aromatic carbocycles. The first-order valence-corrected chi connectivity index (χ1v) is 5.19. The van der Waals surface area contributed by atoms with Crippen molar-refractivity contribution in [1.29, 1.82) is 0 Å². The molecule has 0 bridgehead atoms. The minimum absolute atomic E-state index is 0.687. The second-order valence-corrected chi connectivity index (χ2v) is 4.17. The van der Waals surface area contributed by atoms with Gasteiger partial charge < -0.3 is 5.32 Å². The summed E-state index contributed by atoms with van der Waals surface area (Å²) in [6.45, 7) is 0.781. The van der Waals surface area contributed by atoms with Crippen LogP contribution >= 0.6 is 23.2 Å². The number of hydrogen-bond acceptors (Lipinski definition) is 1. The van der Waals surface area contributed by atoms with E-state index in [1.165, 1.54) is 12.8 Å². The Labute approximate surface area is 88.0 Å². The van der Waals surface area contributed by atoms with Crippen LogP contribution in [0.2, 0.25) is 10.0 Å². The number of rotatable bonds is 3. The summed E-state index contributed by atoms with van der Waals surface area (Å²) in [4.78, 5) is 0. The van der Waals surface area contributed by atoms with E-state index < -0.39 is 0 Å². The van der Waals surface area contributed by atoms with Crippen LogP contribution in [0.4, 0.5) is 0 Å². The summed E-state index contributed by atoms with van der Waals surface area (Å²) in [6.07, 6.45) is 2.56. The molecule has 0 aliphatic heterocycles. The maximum absolute atomic E-state index is 6.01. The summed E-state index contributed by atoms with van der Waals surface area (Å²) in [7, 11) is 0. The number of nitrogens with one attached hydrogen (secondary N) is 1. The molecule has 0 heterocycles. The molecule has 70 valence electrons. The fourth-order valence-corrected chi connectivity index (χ4v) is 1.77. The molecule has 13 heavy (non-hydrogen) atoms. The van der Waals surface area contributed by atoms with E-state index in [0.717, 1.165) is 22.2 Å². The van der Waals surface area contributed by atoms with Gasteiger partial charge in [-0.15, -0.1) is 0 Å². The van der Waals surface area contributed by atoms with E-state index in [1.54, 1.807) is 0 Å². The third kappa shape index (κ3) is 2.37. The molecule has 3 heteroatoms. The van der Waals surface area contributed by atoms with Crippen LogP contribution in [-0.2, 0) is 6.54 Å². The van der Waals surface area contributed by atoms with Crippen molar-refractivity contribution < 1.29 is 0 Å². The number of benzene rings is 1. The Morgan fingerprint density at radius 1 is 1.23 bits per heavy atom. The third-order valence-electron chi connectivity index (χ3n) is 2.21. The molecule has 1 N–H and O–H groups in total. The number of halogens is 2. The van der Waals surface area contributed by atoms with Gasteiger partial charge in [0.2, 0.25) is 0 Å². The Morgan fingerprint density at radius 3 is 2.38 bits per heavy atom. The van der Waals surface area contributed by atoms with E-state index >= 15 is 0 Å². The Balaban J connectivity index is 2.07. The Hall–Kier alpha value is -0.240. The summed E-state index contributed by atoms with van der Waals surface area (Å²) in [5.41, 5.74) is 1.01. The summed E-state index contributed by atoms with van der Waals surface area (Å²) in [5.74, 6) is 0. The van der Waals surface area contributed by atoms with Gasteiger partial charge in [0, 0.05) is 28.2 Å². The monoisotopic (exact) mass is 215 g/mol. The Bertz CT molecular complexity index is 288. The molecule has 0 spiro atoms. The summed E-state index contributed by atoms with van der Waals surface area (Å²) >= 11 is 12.0. The van der Waals surface area contributed by atoms with Gasteiger partial charge in [0.1, 0.15) is 0 Å². The SMILES string of the molecule is Clc1cccc(Cl)c1CNC1CC1. The van der Waals surface area contributed by atoms with E-state index in [0.29, 0.717) is 6.04 Å². The number of hydrogen-bond donors (Lipinski definition) is 1. The van der Waals surface area contributed by atoms with Crippen molar-refractivity contribution in [2.45, 2.75) is 25.4 Å². The summed E-state index contributed by atoms with van der Waals surface area (Å²) < 4.78 is 0. The smallest absolute Gasteiger partial charge is 0.0465 e. The van der Waals surface area contributed by atoms with Crippen LogP contribution in [0, 0.1) is 0 Å². The van der Waals surface area contributed by atoms with Crippen LogP contribution in [0.25, 0.3) is 0 Å². The van der Waals surface area contributed by atoms with Gasteiger partial charge in [0.25, 0.3) is 0 Å². The molecule has 0 amide bonds. The standard InChI is InChI=1S/C10H11Cl2N/c11-9-2-1-3-10(12)8(9)6-13-7-4-5-7/h1-3,7,13H,4-6H2. The average molecular weight is 216 g/mol. The van der Waals surface area contributed by atoms with E-state index in [9.17, 15) is 0 Å². The van der Waals surface area contributed by atoms with Crippen molar-refractivity contribution in [3.8, 4) is 0 Å². The molecule has 1 nitrogen and oxygen atoms in total. The van der Waals surface area contributed by atoms with Crippen molar-refractivity contribution in [1.82, 2.24) is 5.32 Å². The molecule has 1 fully saturated rings. The maximum atomic E-state index is 6.01. The highest BCUT2D eigenvalue weighted by Crippen LogP contribution is 2.26. The van der Waals surface area contributed by atoms with Crippen LogP contribution in [0.5, 0.6) is 0 Å². The van der Waals surface area contributed by atoms with Crippen LogP contribution in [-0.4, -0.2) is 6.04 Å². The molecule has 0 radical (unpaired) electrons. The second-order valence-electron chi connectivity index (χ2n) is 3.36. The molecule has 1 saturated carbocycles. The summed E-state index contributed by atoms with van der Waals surface area (Å²) in [5, 5.41) is 4.89. The zero-order valence-electron chi connectivity index (χ0n) is 7.19. The van der Waals surface area contributed by atoms with Gasteiger partial charge in [-0.25, -0.2) is 0 Å². The van der Waals surface area contributed by atoms with Gasteiger partial charge in [0.05, 0.1) is 0 Å². The lowest BCUT2D eigenvalue weighted by atomic mass is 10.2. The van der Waals surface area contributed by atoms with Crippen molar-refractivity contribution in [2.24, 2.45) is 0 Å². The fraction of sp³-hybridized carbons (Fsp3) is 0.400. The van der Waals surface area contributed by atoms with E-state index in [1.807, 2.05) is 18.2 Å². The van der Waals surface area contributed by atoms with Gasteiger partial charge in [-0.05, 0) is 25.0 Å². The first-order chi connectivity index (χ1) is 6.27. The minimum Gasteiger partial charge on any atom is -0.310 e. The molecule has 0 saturated heterocycles. The highest BCUT2D eigenvalue weighted by Gasteiger charge is 2.20. The molecule has 2 rings (SSSR count). The van der Waals surface area contributed by atoms with E-state index in [-0.39, 0.29) is 0 Å². The van der Waals surface area contributed by atoms with Crippen LogP contribution in [0.1, 0.15) is 18.4 Å². The molecule has 1 aliphatic carbocycles. The van der Waals surface area contributed by atoms with Gasteiger partial charge in [-0.2, -0.15) is 0 Å². The zero-order chi connectivity index (χ0) is 9.26. The van der Waals surface area contributed by atoms with Gasteiger partial charge in [-0.1, -0.05) is 29.3 Å². The lowest BCUT2D eigenvalue weighted by molar-refractivity contribution is 0.688. The van der Waals surface area contributed by atoms with Crippen molar-refractivity contribution >= 4 is 23.2 Å². The lowest BCUT2D eigenvalue weighted by Gasteiger charge is -2.07. The largest absolute Gasteiger partial charge is 0.310 e. The molecular weight excluding hydrogens is 205 g/mol. The predicted molar refractivity (Wildman–Crippen MR) is 56.3 cm³/mol. The molecule has 1 aliphatic rings. The van der Waals surface area contributed by atoms with Crippen LogP contribution in [0.15, 0.2) is 18.2 Å². The normalized spacial score (nSPS) is 16.2. The fourth-order valence-electron chi connectivity index (χ4n) is 1.24. The first kappa shape index (κ1) is 9.32. The second kappa shape index (κ2) is 3.87. The average Bonchev–Trinajstić information content (AvgIpc) is 2.87. The van der Waals surface area contributed by atoms with Gasteiger partial charge in [0.15, 0.2) is 0 Å². The molecule has 1 aromatic rings. The molecule has 0 aromatic heterocycles. The summed E-state index contributed by atoms with van der Waals surface area (Å²) in [6, 6.07) is 6.30. The van der Waals surface area contributed by atoms with Crippen molar-refractivity contribution in [3.05, 3.63) is 33.8 Å². The van der Waals surface area contributed by atoms with Crippen molar-refractivity contribution in [2.75, 3.05) is 0 Å². The highest BCUT2D eigenvalue weighted by molar-refractivity contribution is 6.35. The predicted octanol–water partition coefficient (Wildman–Crippen LogP) is 3.25. The van der Waals surface area contributed by atoms with Gasteiger partial charge >= 0.3 is 0 Å². The quantitative estimate of drug-likeness (QED) is 0.817. The Morgan fingerprint density at radius 2 is 1.85 bits per heavy atom. The third-order valence-corrected chi connectivity index (χ3v) is 2.91. The van der Waals surface area contributed by atoms with Crippen LogP contribution in [0.3, 0.4) is 0 Å². The topological polar surface area (TPSA) is 12.0 Å². The first-order valence-electron chi connectivity index (χ1n) is 4.43. The zero-order valence-corrected chi connectivity index (χ0v) is 8.70. The van der Waals surface area contributed by atoms with E-state index in [4.69, 9.17) is 23.2 Å². The minimum atomic E-state index is 0.687. The van der Waals surface area contributed by atoms with Crippen molar-refractivity contribution in [3.63, 3.8) is 0 Å². The Kier molecular flexibility index (Phi) is 2.77.